The number of aromatic amines is 2. The van der Waals surface area contributed by atoms with Gasteiger partial charge in [-0.15, -0.1) is 0 Å². The van der Waals surface area contributed by atoms with Gasteiger partial charge in [0.15, 0.2) is 0 Å². The quantitative estimate of drug-likeness (QED) is 0.118. The van der Waals surface area contributed by atoms with E-state index in [-0.39, 0.29) is 12.8 Å². The number of nitrogens with one attached hydrogen (secondary N) is 5. The lowest BCUT2D eigenvalue weighted by Gasteiger charge is -2.25. The number of carboxylic acids is 1. The molecule has 0 saturated heterocycles. The van der Waals surface area contributed by atoms with Crippen LogP contribution >= 0.6 is 11.8 Å². The molecule has 4 unspecified atom stereocenters. The van der Waals surface area contributed by atoms with E-state index in [1.807, 2.05) is 30.5 Å². The van der Waals surface area contributed by atoms with Gasteiger partial charge in [0, 0.05) is 41.8 Å². The molecule has 0 spiro atoms. The highest BCUT2D eigenvalue weighted by molar-refractivity contribution is 7.98. The zero-order valence-electron chi connectivity index (χ0n) is 21.3. The lowest BCUT2D eigenvalue weighted by atomic mass is 10.0. The third-order valence-corrected chi connectivity index (χ3v) is 6.75. The Balaban J connectivity index is 1.85. The molecule has 14 heteroatoms. The number of aromatic nitrogens is 3. The molecule has 39 heavy (non-hydrogen) atoms. The summed E-state index contributed by atoms with van der Waals surface area (Å²) in [5.41, 5.74) is 8.08. The average Bonchev–Trinajstić information content (AvgIpc) is 3.59. The van der Waals surface area contributed by atoms with Crippen LogP contribution in [-0.2, 0) is 32.0 Å². The number of hydrogen-bond acceptors (Lipinski definition) is 8. The Bertz CT molecular complexity index is 1260. The van der Waals surface area contributed by atoms with Gasteiger partial charge in [-0.2, -0.15) is 11.8 Å². The number of rotatable bonds is 15. The number of carbonyl (C=O) groups excluding carboxylic acids is 3. The summed E-state index contributed by atoms with van der Waals surface area (Å²) in [6, 6.07) is 2.66. The largest absolute Gasteiger partial charge is 0.480 e. The minimum absolute atomic E-state index is 0.0112. The molecule has 210 valence electrons. The van der Waals surface area contributed by atoms with Crippen LogP contribution in [0.4, 0.5) is 0 Å². The summed E-state index contributed by atoms with van der Waals surface area (Å²) in [6.45, 7) is -0.832. The summed E-state index contributed by atoms with van der Waals surface area (Å²) in [5.74, 6) is -2.77. The smallest absolute Gasteiger partial charge is 0.328 e. The van der Waals surface area contributed by atoms with Crippen molar-refractivity contribution in [1.82, 2.24) is 30.9 Å². The fourth-order valence-electron chi connectivity index (χ4n) is 3.94. The van der Waals surface area contributed by atoms with Crippen LogP contribution in [0.5, 0.6) is 0 Å². The number of imidazole rings is 1. The summed E-state index contributed by atoms with van der Waals surface area (Å²) in [4.78, 5) is 60.7. The molecule has 0 radical (unpaired) electrons. The van der Waals surface area contributed by atoms with Crippen LogP contribution in [0.25, 0.3) is 10.9 Å². The highest BCUT2D eigenvalue weighted by Gasteiger charge is 2.31. The van der Waals surface area contributed by atoms with Crippen molar-refractivity contribution in [3.8, 4) is 0 Å². The van der Waals surface area contributed by atoms with Crippen molar-refractivity contribution >= 4 is 46.4 Å². The number of nitrogens with zero attached hydrogens (tertiary/aromatic N) is 1. The Morgan fingerprint density at radius 3 is 2.31 bits per heavy atom. The number of benzene rings is 1. The van der Waals surface area contributed by atoms with E-state index in [0.717, 1.165) is 10.9 Å². The van der Waals surface area contributed by atoms with E-state index in [1.54, 1.807) is 6.20 Å². The van der Waals surface area contributed by atoms with Crippen molar-refractivity contribution in [1.29, 1.82) is 0 Å². The molecule has 2 aromatic heterocycles. The number of H-pyrrole nitrogens is 2. The van der Waals surface area contributed by atoms with Crippen LogP contribution < -0.4 is 21.7 Å². The summed E-state index contributed by atoms with van der Waals surface area (Å²) >= 11 is 1.54. The maximum atomic E-state index is 13.5. The average molecular weight is 560 g/mol. The minimum atomic E-state index is -1.56. The molecule has 0 saturated carbocycles. The van der Waals surface area contributed by atoms with E-state index in [2.05, 4.69) is 30.9 Å². The normalized spacial score (nSPS) is 14.2. The van der Waals surface area contributed by atoms with Crippen molar-refractivity contribution in [2.45, 2.75) is 43.4 Å². The number of thioether (sulfide) groups is 1. The van der Waals surface area contributed by atoms with Crippen LogP contribution in [0, 0.1) is 0 Å². The SMILES string of the molecule is CSCCC(N)C(=O)NC(Cc1cnc[nH]1)C(=O)NC(Cc1c[nH]c2ccccc12)C(=O)NC(CO)C(=O)O. The molecule has 0 aliphatic rings. The third-order valence-electron chi connectivity index (χ3n) is 6.11. The Morgan fingerprint density at radius 2 is 1.67 bits per heavy atom. The number of aliphatic hydroxyl groups excluding tert-OH is 1. The molecule has 13 nitrogen and oxygen atoms in total. The zero-order valence-corrected chi connectivity index (χ0v) is 22.2. The standard InChI is InChI=1S/C25H33N7O6S/c1-39-7-6-17(26)22(34)30-20(9-15-11-27-13-29-15)24(36)31-19(23(35)32-21(12-33)25(37)38)8-14-10-28-18-5-3-2-4-16(14)18/h2-5,10-11,13,17,19-21,28,33H,6-9,12,26H2,1H3,(H,27,29)(H,30,34)(H,31,36)(H,32,35)(H,37,38). The van der Waals surface area contributed by atoms with Gasteiger partial charge < -0.3 is 41.9 Å². The number of aliphatic hydroxyl groups is 1. The lowest BCUT2D eigenvalue weighted by molar-refractivity contribution is -0.143. The number of fused-ring (bicyclic) bond motifs is 1. The molecule has 0 aliphatic carbocycles. The third kappa shape index (κ3) is 8.30. The first kappa shape index (κ1) is 29.7. The first-order valence-corrected chi connectivity index (χ1v) is 13.6. The fourth-order valence-corrected chi connectivity index (χ4v) is 4.43. The van der Waals surface area contributed by atoms with Crippen LogP contribution in [-0.4, -0.2) is 91.6 Å². The number of amides is 3. The number of para-hydroxylation sites is 1. The number of carbonyl (C=O) groups is 4. The van der Waals surface area contributed by atoms with E-state index in [0.29, 0.717) is 23.4 Å². The monoisotopic (exact) mass is 559 g/mol. The summed E-state index contributed by atoms with van der Waals surface area (Å²) in [6.07, 6.45) is 7.00. The van der Waals surface area contributed by atoms with Crippen molar-refractivity contribution in [3.63, 3.8) is 0 Å². The fraction of sp³-hybridized carbons (Fsp3) is 0.400. The van der Waals surface area contributed by atoms with Crippen LogP contribution in [0.1, 0.15) is 17.7 Å². The Kier molecular flexibility index (Phi) is 10.9. The van der Waals surface area contributed by atoms with Crippen molar-refractivity contribution < 1.29 is 29.4 Å². The number of carboxylic acid groups (broad SMARTS) is 1. The number of hydrogen-bond donors (Lipinski definition) is 8. The van der Waals surface area contributed by atoms with Gasteiger partial charge in [-0.3, -0.25) is 14.4 Å². The summed E-state index contributed by atoms with van der Waals surface area (Å²) < 4.78 is 0. The Labute approximate surface area is 228 Å². The number of aliphatic carboxylic acids is 1. The maximum absolute atomic E-state index is 13.5. The first-order chi connectivity index (χ1) is 18.7. The topological polar surface area (TPSA) is 215 Å². The second-order valence-electron chi connectivity index (χ2n) is 8.94. The van der Waals surface area contributed by atoms with Gasteiger partial charge in [-0.25, -0.2) is 9.78 Å². The second-order valence-corrected chi connectivity index (χ2v) is 9.92. The molecule has 0 bridgehead atoms. The van der Waals surface area contributed by atoms with Gasteiger partial charge >= 0.3 is 5.97 Å². The summed E-state index contributed by atoms with van der Waals surface area (Å²) in [7, 11) is 0. The van der Waals surface area contributed by atoms with E-state index >= 15 is 0 Å². The molecule has 4 atom stereocenters. The van der Waals surface area contributed by atoms with E-state index in [9.17, 15) is 29.4 Å². The van der Waals surface area contributed by atoms with Crippen LogP contribution in [0.15, 0.2) is 43.0 Å². The van der Waals surface area contributed by atoms with Gasteiger partial charge in [0.1, 0.15) is 18.1 Å². The first-order valence-electron chi connectivity index (χ1n) is 12.2. The van der Waals surface area contributed by atoms with E-state index < -0.39 is 54.5 Å². The highest BCUT2D eigenvalue weighted by atomic mass is 32.2. The maximum Gasteiger partial charge on any atom is 0.328 e. The van der Waals surface area contributed by atoms with Gasteiger partial charge in [-0.05, 0) is 30.1 Å². The molecular formula is C25H33N7O6S. The molecule has 9 N–H and O–H groups in total. The molecule has 3 rings (SSSR count). The molecular weight excluding hydrogens is 526 g/mol. The van der Waals surface area contributed by atoms with Crippen molar-refractivity contribution in [2.24, 2.45) is 5.73 Å². The molecule has 3 aromatic rings. The van der Waals surface area contributed by atoms with Crippen molar-refractivity contribution in [3.05, 3.63) is 54.2 Å². The lowest BCUT2D eigenvalue weighted by Crippen LogP contribution is -2.58. The molecule has 0 fully saturated rings. The Morgan fingerprint density at radius 1 is 1.00 bits per heavy atom. The van der Waals surface area contributed by atoms with Gasteiger partial charge in [0.25, 0.3) is 0 Å². The molecule has 0 aliphatic heterocycles. The molecule has 1 aromatic carbocycles. The molecule has 3 amide bonds. The van der Waals surface area contributed by atoms with Crippen molar-refractivity contribution in [2.75, 3.05) is 18.6 Å². The summed E-state index contributed by atoms with van der Waals surface area (Å²) in [5, 5.41) is 27.1. The second kappa shape index (κ2) is 14.3. The Hall–Kier alpha value is -3.88. The predicted octanol–water partition coefficient (Wildman–Crippen LogP) is -0.712. The highest BCUT2D eigenvalue weighted by Crippen LogP contribution is 2.19. The number of nitrogens with two attached hydrogens (primary N) is 1. The van der Waals surface area contributed by atoms with E-state index in [1.165, 1.54) is 24.3 Å². The molecule has 2 heterocycles. The van der Waals surface area contributed by atoms with Gasteiger partial charge in [0.05, 0.1) is 19.0 Å². The minimum Gasteiger partial charge on any atom is -0.480 e. The van der Waals surface area contributed by atoms with Gasteiger partial charge in [-0.1, -0.05) is 18.2 Å². The van der Waals surface area contributed by atoms with Crippen LogP contribution in [0.2, 0.25) is 0 Å². The van der Waals surface area contributed by atoms with Gasteiger partial charge in [0.2, 0.25) is 17.7 Å². The predicted molar refractivity (Wildman–Crippen MR) is 146 cm³/mol. The zero-order chi connectivity index (χ0) is 28.4. The van der Waals surface area contributed by atoms with Crippen LogP contribution in [0.3, 0.4) is 0 Å². The van der Waals surface area contributed by atoms with E-state index in [4.69, 9.17) is 5.73 Å².